The van der Waals surface area contributed by atoms with Crippen molar-refractivity contribution < 1.29 is 24.3 Å². The highest BCUT2D eigenvalue weighted by molar-refractivity contribution is 6.11. The van der Waals surface area contributed by atoms with Crippen LogP contribution in [0.5, 0.6) is 0 Å². The lowest BCUT2D eigenvalue weighted by atomic mass is 9.97. The largest absolute Gasteiger partial charge is 0.480 e. The van der Waals surface area contributed by atoms with E-state index >= 15 is 0 Å². The van der Waals surface area contributed by atoms with Gasteiger partial charge in [-0.25, -0.2) is 4.79 Å². The van der Waals surface area contributed by atoms with E-state index in [1.807, 2.05) is 6.92 Å². The van der Waals surface area contributed by atoms with E-state index in [0.717, 1.165) is 0 Å². The second-order valence-electron chi connectivity index (χ2n) is 7.62. The minimum Gasteiger partial charge on any atom is -0.480 e. The quantitative estimate of drug-likeness (QED) is 0.771. The van der Waals surface area contributed by atoms with Gasteiger partial charge in [0.25, 0.3) is 5.91 Å². The van der Waals surface area contributed by atoms with Gasteiger partial charge in [0, 0.05) is 6.42 Å². The predicted molar refractivity (Wildman–Crippen MR) is 102 cm³/mol. The van der Waals surface area contributed by atoms with Crippen LogP contribution in [0, 0.1) is 5.92 Å². The Labute approximate surface area is 163 Å². The zero-order valence-electron chi connectivity index (χ0n) is 16.3. The highest BCUT2D eigenvalue weighted by Crippen LogP contribution is 2.43. The van der Waals surface area contributed by atoms with Crippen LogP contribution in [0.4, 0.5) is 5.69 Å². The smallest absolute Gasteiger partial charge is 0.326 e. The number of carbonyl (C=O) groups is 4. The molecule has 0 radical (unpaired) electrons. The van der Waals surface area contributed by atoms with Crippen molar-refractivity contribution in [2.24, 2.45) is 5.92 Å². The summed E-state index contributed by atoms with van der Waals surface area (Å²) in [7, 11) is 0. The third-order valence-electron chi connectivity index (χ3n) is 5.84. The maximum absolute atomic E-state index is 13.1. The summed E-state index contributed by atoms with van der Waals surface area (Å²) in [4.78, 5) is 52.7. The first-order chi connectivity index (χ1) is 13.2. The first-order valence-corrected chi connectivity index (χ1v) is 9.47. The van der Waals surface area contributed by atoms with E-state index in [1.54, 1.807) is 43.0 Å². The number of fused-ring (bicyclic) bond motifs is 3. The summed E-state index contributed by atoms with van der Waals surface area (Å²) < 4.78 is 0. The van der Waals surface area contributed by atoms with Crippen LogP contribution in [0.15, 0.2) is 24.3 Å². The predicted octanol–water partition coefficient (Wildman–Crippen LogP) is 1.60. The SMILES string of the molecule is CC[C@H](C)[C@H](NC(=O)CN1C(=O)c2ccccc2N2C(=O)CCC12C)C(=O)O. The van der Waals surface area contributed by atoms with Gasteiger partial charge in [0.1, 0.15) is 18.2 Å². The Morgan fingerprint density at radius 2 is 1.96 bits per heavy atom. The minimum atomic E-state index is -1.11. The van der Waals surface area contributed by atoms with Crippen molar-refractivity contribution in [3.8, 4) is 0 Å². The molecule has 0 saturated carbocycles. The standard InChI is InChI=1S/C20H25N3O5/c1-4-12(2)17(19(27)28)21-15(24)11-22-18(26)13-7-5-6-8-14(13)23-16(25)9-10-20(22,23)3/h5-8,12,17H,4,9-11H2,1-3H3,(H,21,24)(H,27,28)/t12-,17-,20?/m0/s1. The van der Waals surface area contributed by atoms with E-state index < -0.39 is 23.6 Å². The van der Waals surface area contributed by atoms with E-state index in [2.05, 4.69) is 5.32 Å². The molecule has 28 heavy (non-hydrogen) atoms. The molecule has 2 aliphatic rings. The molecule has 0 bridgehead atoms. The Bertz CT molecular complexity index is 839. The van der Waals surface area contributed by atoms with Crippen molar-refractivity contribution in [1.29, 1.82) is 0 Å². The summed E-state index contributed by atoms with van der Waals surface area (Å²) in [6.45, 7) is 5.05. The average Bonchev–Trinajstić information content (AvgIpc) is 2.98. The van der Waals surface area contributed by atoms with Crippen molar-refractivity contribution in [3.63, 3.8) is 0 Å². The molecule has 1 unspecified atom stereocenters. The Balaban J connectivity index is 1.89. The van der Waals surface area contributed by atoms with Gasteiger partial charge in [0.2, 0.25) is 11.8 Å². The summed E-state index contributed by atoms with van der Waals surface area (Å²) in [6, 6.07) is 5.81. The van der Waals surface area contributed by atoms with Crippen LogP contribution in [0.3, 0.4) is 0 Å². The fourth-order valence-corrected chi connectivity index (χ4v) is 3.99. The van der Waals surface area contributed by atoms with E-state index in [0.29, 0.717) is 24.1 Å². The molecule has 1 fully saturated rings. The van der Waals surface area contributed by atoms with Crippen molar-refractivity contribution >= 4 is 29.4 Å². The lowest BCUT2D eigenvalue weighted by Gasteiger charge is -2.48. The van der Waals surface area contributed by atoms with Crippen LogP contribution in [0.1, 0.15) is 50.4 Å². The summed E-state index contributed by atoms with van der Waals surface area (Å²) in [5.74, 6) is -2.35. The topological polar surface area (TPSA) is 107 Å². The number of hydrogen-bond donors (Lipinski definition) is 2. The van der Waals surface area contributed by atoms with Crippen LogP contribution < -0.4 is 10.2 Å². The van der Waals surface area contributed by atoms with Gasteiger partial charge < -0.3 is 15.3 Å². The van der Waals surface area contributed by atoms with Crippen molar-refractivity contribution in [2.45, 2.75) is 51.7 Å². The van der Waals surface area contributed by atoms with Gasteiger partial charge in [-0.3, -0.25) is 19.3 Å². The maximum atomic E-state index is 13.1. The highest BCUT2D eigenvalue weighted by atomic mass is 16.4. The zero-order chi connectivity index (χ0) is 20.6. The third kappa shape index (κ3) is 3.12. The minimum absolute atomic E-state index is 0.101. The second kappa shape index (κ2) is 7.26. The molecule has 2 heterocycles. The molecule has 1 aromatic carbocycles. The number of carboxylic acid groups (broad SMARTS) is 1. The van der Waals surface area contributed by atoms with Gasteiger partial charge in [-0.1, -0.05) is 32.4 Å². The van der Waals surface area contributed by atoms with Gasteiger partial charge in [-0.05, 0) is 31.4 Å². The number of hydrogen-bond acceptors (Lipinski definition) is 4. The Morgan fingerprint density at radius 3 is 2.61 bits per heavy atom. The van der Waals surface area contributed by atoms with Gasteiger partial charge in [-0.2, -0.15) is 0 Å². The summed E-state index contributed by atoms with van der Waals surface area (Å²) in [6.07, 6.45) is 1.28. The Hall–Kier alpha value is -2.90. The number of carbonyl (C=O) groups excluding carboxylic acids is 3. The molecule has 3 amide bonds. The number of nitrogens with zero attached hydrogens (tertiary/aromatic N) is 2. The molecule has 1 aromatic rings. The normalized spacial score (nSPS) is 23.1. The number of carboxylic acids is 1. The molecule has 150 valence electrons. The molecule has 1 saturated heterocycles. The number of anilines is 1. The van der Waals surface area contributed by atoms with E-state index in [1.165, 1.54) is 4.90 Å². The number of benzene rings is 1. The van der Waals surface area contributed by atoms with E-state index in [-0.39, 0.29) is 30.7 Å². The van der Waals surface area contributed by atoms with Crippen LogP contribution in [0.25, 0.3) is 0 Å². The lowest BCUT2D eigenvalue weighted by Crippen LogP contribution is -2.64. The molecule has 3 atom stereocenters. The summed E-state index contributed by atoms with van der Waals surface area (Å²) >= 11 is 0. The molecule has 8 nitrogen and oxygen atoms in total. The van der Waals surface area contributed by atoms with Gasteiger partial charge in [0.05, 0.1) is 11.3 Å². The summed E-state index contributed by atoms with van der Waals surface area (Å²) in [5, 5.41) is 11.9. The fourth-order valence-electron chi connectivity index (χ4n) is 3.99. The van der Waals surface area contributed by atoms with E-state index in [4.69, 9.17) is 0 Å². The molecule has 3 rings (SSSR count). The van der Waals surface area contributed by atoms with Crippen LogP contribution in [0.2, 0.25) is 0 Å². The molecule has 0 aromatic heterocycles. The Kier molecular flexibility index (Phi) is 5.14. The monoisotopic (exact) mass is 387 g/mol. The molecule has 0 aliphatic carbocycles. The third-order valence-corrected chi connectivity index (χ3v) is 5.84. The molecular formula is C20H25N3O5. The Morgan fingerprint density at radius 1 is 1.29 bits per heavy atom. The molecule has 0 spiro atoms. The molecule has 8 heteroatoms. The molecule has 2 N–H and O–H groups in total. The highest BCUT2D eigenvalue weighted by Gasteiger charge is 2.53. The number of nitrogens with one attached hydrogen (secondary N) is 1. The average molecular weight is 387 g/mol. The summed E-state index contributed by atoms with van der Waals surface area (Å²) in [5.41, 5.74) is -0.0356. The lowest BCUT2D eigenvalue weighted by molar-refractivity contribution is -0.143. The molecule has 2 aliphatic heterocycles. The zero-order valence-corrected chi connectivity index (χ0v) is 16.3. The number of rotatable bonds is 6. The van der Waals surface area contributed by atoms with Crippen molar-refractivity contribution in [1.82, 2.24) is 10.2 Å². The van der Waals surface area contributed by atoms with Crippen molar-refractivity contribution in [2.75, 3.05) is 11.4 Å². The fraction of sp³-hybridized carbons (Fsp3) is 0.500. The van der Waals surface area contributed by atoms with Gasteiger partial charge >= 0.3 is 5.97 Å². The van der Waals surface area contributed by atoms with Crippen LogP contribution in [-0.2, 0) is 14.4 Å². The number of amides is 3. The number of aliphatic carboxylic acids is 1. The first kappa shape index (κ1) is 19.9. The molecular weight excluding hydrogens is 362 g/mol. The van der Waals surface area contributed by atoms with Gasteiger partial charge in [0.15, 0.2) is 0 Å². The maximum Gasteiger partial charge on any atom is 0.326 e. The van der Waals surface area contributed by atoms with Gasteiger partial charge in [-0.15, -0.1) is 0 Å². The van der Waals surface area contributed by atoms with E-state index in [9.17, 15) is 24.3 Å². The van der Waals surface area contributed by atoms with Crippen LogP contribution >= 0.6 is 0 Å². The van der Waals surface area contributed by atoms with Crippen molar-refractivity contribution in [3.05, 3.63) is 29.8 Å². The first-order valence-electron chi connectivity index (χ1n) is 9.47. The van der Waals surface area contributed by atoms with Crippen LogP contribution in [-0.4, -0.2) is 51.9 Å². The number of para-hydroxylation sites is 1. The second-order valence-corrected chi connectivity index (χ2v) is 7.62.